The Bertz CT molecular complexity index is 1230. The minimum Gasteiger partial charge on any atom is -0.486 e. The smallest absolute Gasteiger partial charge is 0.307 e. The lowest BCUT2D eigenvalue weighted by Crippen LogP contribution is -2.16. The Morgan fingerprint density at radius 3 is 2.71 bits per heavy atom. The monoisotopic (exact) mass is 592 g/mol. The van der Waals surface area contributed by atoms with Gasteiger partial charge in [0.15, 0.2) is 5.76 Å². The van der Waals surface area contributed by atoms with Crippen LogP contribution < -0.4 is 10.2 Å². The number of benzene rings is 3. The van der Waals surface area contributed by atoms with E-state index in [1.54, 1.807) is 36.4 Å². The minimum absolute atomic E-state index is 0.113. The van der Waals surface area contributed by atoms with Crippen molar-refractivity contribution in [3.63, 3.8) is 0 Å². The Morgan fingerprint density at radius 1 is 1.16 bits per heavy atom. The van der Waals surface area contributed by atoms with Gasteiger partial charge in [0.25, 0.3) is 0 Å². The number of carbonyl (C=O) groups is 1. The summed E-state index contributed by atoms with van der Waals surface area (Å²) in [6, 6.07) is 19.2. The van der Waals surface area contributed by atoms with Gasteiger partial charge in [-0.25, -0.2) is 9.82 Å². The standard InChI is InChI=1S/C23H15BrFIN2O3/c24-17-9-14(10-19(26)22(17)30-13-16-6-1-3-7-18(16)25)12-27-28-23(29)21-11-15-5-2-4-8-20(15)31-21/h1-12H,13H2,(H,28,29)/b27-12+. The maximum atomic E-state index is 13.8. The van der Waals surface area contributed by atoms with Crippen LogP contribution in [0.3, 0.4) is 0 Å². The summed E-state index contributed by atoms with van der Waals surface area (Å²) >= 11 is 5.61. The van der Waals surface area contributed by atoms with Crippen molar-refractivity contribution >= 4 is 61.6 Å². The normalized spacial score (nSPS) is 11.2. The topological polar surface area (TPSA) is 63.8 Å². The van der Waals surface area contributed by atoms with Gasteiger partial charge in [0.2, 0.25) is 0 Å². The number of furan rings is 1. The van der Waals surface area contributed by atoms with Crippen molar-refractivity contribution in [3.8, 4) is 5.75 Å². The fourth-order valence-corrected chi connectivity index (χ4v) is 4.64. The van der Waals surface area contributed by atoms with Crippen molar-refractivity contribution in [1.29, 1.82) is 0 Å². The number of ether oxygens (including phenoxy) is 1. The van der Waals surface area contributed by atoms with Gasteiger partial charge in [-0.1, -0.05) is 36.4 Å². The molecule has 1 N–H and O–H groups in total. The second-order valence-electron chi connectivity index (χ2n) is 6.54. The fourth-order valence-electron chi connectivity index (χ4n) is 2.87. The van der Waals surface area contributed by atoms with Gasteiger partial charge in [0, 0.05) is 10.9 Å². The molecule has 4 rings (SSSR count). The number of rotatable bonds is 6. The quantitative estimate of drug-likeness (QED) is 0.163. The second-order valence-corrected chi connectivity index (χ2v) is 8.56. The number of carbonyl (C=O) groups excluding carboxylic acids is 1. The third-order valence-electron chi connectivity index (χ3n) is 4.38. The highest BCUT2D eigenvalue weighted by atomic mass is 127. The molecule has 156 valence electrons. The number of hydrogen-bond donors (Lipinski definition) is 1. The lowest BCUT2D eigenvalue weighted by Gasteiger charge is -2.12. The van der Waals surface area contributed by atoms with Crippen LogP contribution in [0.5, 0.6) is 5.75 Å². The van der Waals surface area contributed by atoms with Gasteiger partial charge in [-0.15, -0.1) is 0 Å². The summed E-state index contributed by atoms with van der Waals surface area (Å²) in [5.41, 5.74) is 4.33. The first kappa shape index (κ1) is 21.5. The van der Waals surface area contributed by atoms with E-state index in [1.165, 1.54) is 12.3 Å². The largest absolute Gasteiger partial charge is 0.486 e. The summed E-state index contributed by atoms with van der Waals surface area (Å²) in [6.45, 7) is 0.113. The molecule has 0 fully saturated rings. The summed E-state index contributed by atoms with van der Waals surface area (Å²) < 4.78 is 26.6. The van der Waals surface area contributed by atoms with Crippen LogP contribution in [-0.4, -0.2) is 12.1 Å². The van der Waals surface area contributed by atoms with Crippen molar-refractivity contribution in [2.45, 2.75) is 6.61 Å². The van der Waals surface area contributed by atoms with Gasteiger partial charge in [0.1, 0.15) is 23.8 Å². The van der Waals surface area contributed by atoms with Crippen molar-refractivity contribution in [2.24, 2.45) is 5.10 Å². The first-order valence-corrected chi connectivity index (χ1v) is 11.1. The molecule has 3 aromatic carbocycles. The van der Waals surface area contributed by atoms with E-state index in [-0.39, 0.29) is 18.2 Å². The van der Waals surface area contributed by atoms with Crippen molar-refractivity contribution in [1.82, 2.24) is 5.43 Å². The van der Waals surface area contributed by atoms with Crippen LogP contribution in [0.1, 0.15) is 21.7 Å². The lowest BCUT2D eigenvalue weighted by molar-refractivity contribution is 0.0929. The Hall–Kier alpha value is -2.72. The SMILES string of the molecule is O=C(N/N=C/c1cc(Br)c(OCc2ccccc2F)c(I)c1)c1cc2ccccc2o1. The van der Waals surface area contributed by atoms with Gasteiger partial charge in [-0.05, 0) is 74.4 Å². The van der Waals surface area contributed by atoms with E-state index in [0.29, 0.717) is 21.4 Å². The maximum Gasteiger partial charge on any atom is 0.307 e. The van der Waals surface area contributed by atoms with Gasteiger partial charge in [-0.3, -0.25) is 4.79 Å². The predicted molar refractivity (Wildman–Crippen MR) is 129 cm³/mol. The van der Waals surface area contributed by atoms with Crippen LogP contribution in [0.15, 0.2) is 80.7 Å². The molecule has 4 aromatic rings. The van der Waals surface area contributed by atoms with Crippen LogP contribution in [-0.2, 0) is 6.61 Å². The molecule has 0 saturated heterocycles. The summed E-state index contributed by atoms with van der Waals surface area (Å²) in [4.78, 5) is 12.3. The first-order chi connectivity index (χ1) is 15.0. The Balaban J connectivity index is 1.42. The molecule has 5 nitrogen and oxygen atoms in total. The number of nitrogens with one attached hydrogen (secondary N) is 1. The van der Waals surface area contributed by atoms with Crippen LogP contribution in [0.25, 0.3) is 11.0 Å². The summed E-state index contributed by atoms with van der Waals surface area (Å²) in [6.07, 6.45) is 1.52. The van der Waals surface area contributed by atoms with Crippen LogP contribution in [0.2, 0.25) is 0 Å². The molecule has 0 atom stereocenters. The molecule has 1 amide bonds. The molecule has 0 aliphatic heterocycles. The summed E-state index contributed by atoms with van der Waals surface area (Å²) in [7, 11) is 0. The highest BCUT2D eigenvalue weighted by molar-refractivity contribution is 14.1. The van der Waals surface area contributed by atoms with E-state index in [4.69, 9.17) is 9.15 Å². The van der Waals surface area contributed by atoms with E-state index >= 15 is 0 Å². The molecule has 0 radical (unpaired) electrons. The highest BCUT2D eigenvalue weighted by Gasteiger charge is 2.12. The average molecular weight is 593 g/mol. The summed E-state index contributed by atoms with van der Waals surface area (Å²) in [5.74, 6) is 0.0435. The molecular formula is C23H15BrFIN2O3. The van der Waals surface area contributed by atoms with Crippen molar-refractivity contribution < 1.29 is 18.3 Å². The zero-order valence-electron chi connectivity index (χ0n) is 15.9. The van der Waals surface area contributed by atoms with Gasteiger partial charge < -0.3 is 9.15 Å². The van der Waals surface area contributed by atoms with E-state index < -0.39 is 5.91 Å². The van der Waals surface area contributed by atoms with Gasteiger partial charge in [0.05, 0.1) is 14.3 Å². The number of halogens is 3. The third kappa shape index (κ3) is 5.13. The molecule has 0 aliphatic carbocycles. The van der Waals surface area contributed by atoms with Crippen LogP contribution >= 0.6 is 38.5 Å². The molecule has 0 spiro atoms. The van der Waals surface area contributed by atoms with E-state index in [0.717, 1.165) is 14.5 Å². The molecule has 1 heterocycles. The predicted octanol–water partition coefficient (Wildman–Crippen LogP) is 6.28. The zero-order valence-corrected chi connectivity index (χ0v) is 19.7. The number of amides is 1. The summed E-state index contributed by atoms with van der Waals surface area (Å²) in [5, 5.41) is 4.85. The fraction of sp³-hybridized carbons (Fsp3) is 0.0435. The molecular weight excluding hydrogens is 578 g/mol. The molecule has 0 bridgehead atoms. The Morgan fingerprint density at radius 2 is 1.94 bits per heavy atom. The third-order valence-corrected chi connectivity index (χ3v) is 5.77. The molecule has 0 saturated carbocycles. The Labute approximate surface area is 199 Å². The molecule has 0 aliphatic rings. The van der Waals surface area contributed by atoms with Crippen molar-refractivity contribution in [3.05, 3.63) is 97.5 Å². The Kier molecular flexibility index (Phi) is 6.67. The molecule has 31 heavy (non-hydrogen) atoms. The highest BCUT2D eigenvalue weighted by Crippen LogP contribution is 2.32. The lowest BCUT2D eigenvalue weighted by atomic mass is 10.2. The second kappa shape index (κ2) is 9.61. The number of hydrogen-bond acceptors (Lipinski definition) is 4. The van der Waals surface area contributed by atoms with E-state index in [1.807, 2.05) is 24.3 Å². The number of nitrogens with zero attached hydrogens (tertiary/aromatic N) is 1. The zero-order chi connectivity index (χ0) is 21.8. The average Bonchev–Trinajstić information content (AvgIpc) is 3.19. The number of fused-ring (bicyclic) bond motifs is 1. The first-order valence-electron chi connectivity index (χ1n) is 9.18. The number of para-hydroxylation sites is 1. The van der Waals surface area contributed by atoms with Crippen molar-refractivity contribution in [2.75, 3.05) is 0 Å². The molecule has 8 heteroatoms. The van der Waals surface area contributed by atoms with E-state index in [9.17, 15) is 9.18 Å². The number of hydrazone groups is 1. The van der Waals surface area contributed by atoms with Gasteiger partial charge in [-0.2, -0.15) is 5.10 Å². The van der Waals surface area contributed by atoms with Crippen LogP contribution in [0, 0.1) is 9.39 Å². The minimum atomic E-state index is -0.439. The molecule has 0 unspecified atom stereocenters. The molecule has 1 aromatic heterocycles. The maximum absolute atomic E-state index is 13.8. The van der Waals surface area contributed by atoms with Crippen LogP contribution in [0.4, 0.5) is 4.39 Å². The van der Waals surface area contributed by atoms with Gasteiger partial charge >= 0.3 is 5.91 Å². The van der Waals surface area contributed by atoms with E-state index in [2.05, 4.69) is 49.0 Å².